The molecule has 5 heteroatoms. The van der Waals surface area contributed by atoms with Crippen LogP contribution in [0.25, 0.3) is 11.0 Å². The van der Waals surface area contributed by atoms with E-state index >= 15 is 0 Å². The third-order valence-electron chi connectivity index (χ3n) is 5.31. The Hall–Kier alpha value is -2.37. The third kappa shape index (κ3) is 4.06. The molecule has 1 saturated heterocycles. The summed E-state index contributed by atoms with van der Waals surface area (Å²) in [6.07, 6.45) is 3.94. The summed E-state index contributed by atoms with van der Waals surface area (Å²) in [7, 11) is 0. The highest BCUT2D eigenvalue weighted by Gasteiger charge is 2.18. The molecule has 1 aromatic heterocycles. The van der Waals surface area contributed by atoms with Gasteiger partial charge in [0.25, 0.3) is 0 Å². The normalized spacial score (nSPS) is 16.2. The molecule has 0 spiro atoms. The van der Waals surface area contributed by atoms with Gasteiger partial charge in [-0.2, -0.15) is 0 Å². The number of hydrogen-bond donors (Lipinski definition) is 3. The van der Waals surface area contributed by atoms with Crippen LogP contribution in [0.3, 0.4) is 0 Å². The predicted octanol–water partition coefficient (Wildman–Crippen LogP) is 3.38. The summed E-state index contributed by atoms with van der Waals surface area (Å²) in [6.45, 7) is 4.29. The number of piperidine rings is 1. The quantitative estimate of drug-likeness (QED) is 0.638. The van der Waals surface area contributed by atoms with Crippen LogP contribution in [-0.4, -0.2) is 39.7 Å². The van der Waals surface area contributed by atoms with Gasteiger partial charge in [-0.3, -0.25) is 4.90 Å². The highest BCUT2D eigenvalue weighted by molar-refractivity contribution is 5.75. The predicted molar refractivity (Wildman–Crippen MR) is 105 cm³/mol. The van der Waals surface area contributed by atoms with Crippen molar-refractivity contribution in [3.63, 3.8) is 0 Å². The number of aliphatic hydroxyl groups excluding tert-OH is 1. The van der Waals surface area contributed by atoms with Crippen LogP contribution < -0.4 is 5.32 Å². The van der Waals surface area contributed by atoms with Crippen molar-refractivity contribution in [2.75, 3.05) is 25.0 Å². The monoisotopic (exact) mass is 350 g/mol. The highest BCUT2D eigenvalue weighted by Crippen LogP contribution is 2.20. The fourth-order valence-corrected chi connectivity index (χ4v) is 3.61. The van der Waals surface area contributed by atoms with E-state index in [1.807, 2.05) is 6.07 Å². The van der Waals surface area contributed by atoms with Crippen molar-refractivity contribution in [1.82, 2.24) is 14.9 Å². The van der Waals surface area contributed by atoms with Crippen molar-refractivity contribution in [1.29, 1.82) is 0 Å². The molecule has 0 saturated carbocycles. The standard InChI is InChI=1S/C21H26N4O/c26-14-17-7-9-25(10-8-17)13-16-1-4-19(5-2-16)22-12-18-3-6-20-21(11-18)24-15-23-20/h1-6,11,15,17,22,26H,7-10,12-14H2,(H,23,24). The van der Waals surface area contributed by atoms with Crippen LogP contribution in [0, 0.1) is 5.92 Å². The number of fused-ring (bicyclic) bond motifs is 1. The lowest BCUT2D eigenvalue weighted by Crippen LogP contribution is -2.34. The zero-order valence-corrected chi connectivity index (χ0v) is 15.0. The molecular weight excluding hydrogens is 324 g/mol. The molecule has 3 aromatic rings. The Labute approximate surface area is 154 Å². The van der Waals surface area contributed by atoms with Crippen molar-refractivity contribution in [3.05, 3.63) is 59.9 Å². The minimum Gasteiger partial charge on any atom is -0.396 e. The molecular formula is C21H26N4O. The molecule has 5 nitrogen and oxygen atoms in total. The molecule has 0 bridgehead atoms. The molecule has 2 aromatic carbocycles. The van der Waals surface area contributed by atoms with Crippen molar-refractivity contribution >= 4 is 16.7 Å². The molecule has 4 rings (SSSR count). The fourth-order valence-electron chi connectivity index (χ4n) is 3.61. The van der Waals surface area contributed by atoms with Gasteiger partial charge < -0.3 is 15.4 Å². The summed E-state index contributed by atoms with van der Waals surface area (Å²) in [6, 6.07) is 15.0. The van der Waals surface area contributed by atoms with E-state index in [9.17, 15) is 5.11 Å². The zero-order chi connectivity index (χ0) is 17.8. The zero-order valence-electron chi connectivity index (χ0n) is 15.0. The maximum absolute atomic E-state index is 9.24. The number of aromatic nitrogens is 2. The average molecular weight is 350 g/mol. The topological polar surface area (TPSA) is 64.2 Å². The molecule has 0 aliphatic carbocycles. The van der Waals surface area contributed by atoms with E-state index < -0.39 is 0 Å². The Balaban J connectivity index is 1.30. The minimum absolute atomic E-state index is 0.335. The maximum atomic E-state index is 9.24. The molecule has 26 heavy (non-hydrogen) atoms. The molecule has 0 radical (unpaired) electrons. The van der Waals surface area contributed by atoms with Crippen LogP contribution >= 0.6 is 0 Å². The lowest BCUT2D eigenvalue weighted by Gasteiger charge is -2.31. The van der Waals surface area contributed by atoms with Gasteiger partial charge in [0.2, 0.25) is 0 Å². The van der Waals surface area contributed by atoms with Crippen LogP contribution in [0.15, 0.2) is 48.8 Å². The van der Waals surface area contributed by atoms with Gasteiger partial charge in [0.05, 0.1) is 17.4 Å². The first-order valence-electron chi connectivity index (χ1n) is 9.38. The molecule has 2 heterocycles. The molecule has 3 N–H and O–H groups in total. The number of benzene rings is 2. The van der Waals surface area contributed by atoms with Gasteiger partial charge >= 0.3 is 0 Å². The smallest absolute Gasteiger partial charge is 0.0931 e. The molecule has 1 aliphatic heterocycles. The second-order valence-electron chi connectivity index (χ2n) is 7.21. The number of likely N-dealkylation sites (tertiary alicyclic amines) is 1. The second-order valence-corrected chi connectivity index (χ2v) is 7.21. The Morgan fingerprint density at radius 2 is 1.85 bits per heavy atom. The van der Waals surface area contributed by atoms with Crippen molar-refractivity contribution in [2.45, 2.75) is 25.9 Å². The van der Waals surface area contributed by atoms with E-state index in [1.165, 1.54) is 11.1 Å². The Kier molecular flexibility index (Phi) is 5.18. The largest absolute Gasteiger partial charge is 0.396 e. The van der Waals surface area contributed by atoms with E-state index in [1.54, 1.807) is 6.33 Å². The van der Waals surface area contributed by atoms with E-state index in [2.05, 4.69) is 56.6 Å². The first-order valence-corrected chi connectivity index (χ1v) is 9.38. The van der Waals surface area contributed by atoms with E-state index in [4.69, 9.17) is 0 Å². The first kappa shape index (κ1) is 17.1. The number of H-pyrrole nitrogens is 1. The average Bonchev–Trinajstić information content (AvgIpc) is 3.16. The number of aliphatic hydroxyl groups is 1. The van der Waals surface area contributed by atoms with Crippen molar-refractivity contribution in [3.8, 4) is 0 Å². The van der Waals surface area contributed by atoms with Crippen molar-refractivity contribution < 1.29 is 5.11 Å². The van der Waals surface area contributed by atoms with Crippen LogP contribution in [0.1, 0.15) is 24.0 Å². The third-order valence-corrected chi connectivity index (χ3v) is 5.31. The van der Waals surface area contributed by atoms with Crippen LogP contribution in [0.5, 0.6) is 0 Å². The van der Waals surface area contributed by atoms with Crippen LogP contribution in [0.4, 0.5) is 5.69 Å². The number of hydrogen-bond acceptors (Lipinski definition) is 4. The number of rotatable bonds is 6. The summed E-state index contributed by atoms with van der Waals surface area (Å²) < 4.78 is 0. The van der Waals surface area contributed by atoms with Gasteiger partial charge in [-0.05, 0) is 67.2 Å². The van der Waals surface area contributed by atoms with Gasteiger partial charge in [-0.25, -0.2) is 4.98 Å². The molecule has 0 amide bonds. The Morgan fingerprint density at radius 3 is 2.62 bits per heavy atom. The van der Waals surface area contributed by atoms with Gasteiger partial charge in [-0.1, -0.05) is 18.2 Å². The Bertz CT molecular complexity index is 835. The molecule has 0 unspecified atom stereocenters. The number of imidazole rings is 1. The molecule has 0 atom stereocenters. The molecule has 1 fully saturated rings. The number of aromatic amines is 1. The van der Waals surface area contributed by atoms with E-state index in [0.717, 1.165) is 55.7 Å². The minimum atomic E-state index is 0.335. The van der Waals surface area contributed by atoms with Gasteiger partial charge in [0, 0.05) is 25.4 Å². The SMILES string of the molecule is OCC1CCN(Cc2ccc(NCc3ccc4nc[nH]c4c3)cc2)CC1. The first-order chi connectivity index (χ1) is 12.8. The van der Waals surface area contributed by atoms with E-state index in [-0.39, 0.29) is 0 Å². The highest BCUT2D eigenvalue weighted by atomic mass is 16.3. The van der Waals surface area contributed by atoms with Gasteiger partial charge in [-0.15, -0.1) is 0 Å². The number of nitrogens with zero attached hydrogens (tertiary/aromatic N) is 2. The van der Waals surface area contributed by atoms with Gasteiger partial charge in [0.15, 0.2) is 0 Å². The number of nitrogens with one attached hydrogen (secondary N) is 2. The van der Waals surface area contributed by atoms with Gasteiger partial charge in [0.1, 0.15) is 0 Å². The summed E-state index contributed by atoms with van der Waals surface area (Å²) in [5, 5.41) is 12.7. The lowest BCUT2D eigenvalue weighted by atomic mass is 9.97. The summed E-state index contributed by atoms with van der Waals surface area (Å²) in [5.74, 6) is 0.499. The Morgan fingerprint density at radius 1 is 1.08 bits per heavy atom. The second kappa shape index (κ2) is 7.89. The lowest BCUT2D eigenvalue weighted by molar-refractivity contribution is 0.127. The summed E-state index contributed by atoms with van der Waals surface area (Å²) >= 11 is 0. The summed E-state index contributed by atoms with van der Waals surface area (Å²) in [4.78, 5) is 9.89. The maximum Gasteiger partial charge on any atom is 0.0931 e. The molecule has 136 valence electrons. The van der Waals surface area contributed by atoms with Crippen LogP contribution in [-0.2, 0) is 13.1 Å². The molecule has 1 aliphatic rings. The fraction of sp³-hybridized carbons (Fsp3) is 0.381. The van der Waals surface area contributed by atoms with E-state index in [0.29, 0.717) is 12.5 Å². The van der Waals surface area contributed by atoms with Crippen LogP contribution in [0.2, 0.25) is 0 Å². The number of anilines is 1. The van der Waals surface area contributed by atoms with Crippen molar-refractivity contribution in [2.24, 2.45) is 5.92 Å². The summed E-state index contributed by atoms with van der Waals surface area (Å²) in [5.41, 5.74) is 5.79.